The van der Waals surface area contributed by atoms with E-state index >= 15 is 0 Å². The highest BCUT2D eigenvalue weighted by Crippen LogP contribution is 2.25. The molecule has 1 aromatic rings. The van der Waals surface area contributed by atoms with Crippen LogP contribution in [0, 0.1) is 6.92 Å². The maximum atomic E-state index is 12.9. The number of hydrogen-bond donors (Lipinski definition) is 2. The van der Waals surface area contributed by atoms with Gasteiger partial charge in [0.25, 0.3) is 0 Å². The molecule has 0 spiro atoms. The van der Waals surface area contributed by atoms with Gasteiger partial charge in [-0.2, -0.15) is 4.31 Å². The van der Waals surface area contributed by atoms with Crippen LogP contribution in [0.1, 0.15) is 26.3 Å². The van der Waals surface area contributed by atoms with E-state index in [-0.39, 0.29) is 22.9 Å². The van der Waals surface area contributed by atoms with Gasteiger partial charge in [-0.25, -0.2) is 8.42 Å². The van der Waals surface area contributed by atoms with Gasteiger partial charge in [0.15, 0.2) is 0 Å². The first-order valence-corrected chi connectivity index (χ1v) is 8.81. The second kappa shape index (κ2) is 6.36. The summed E-state index contributed by atoms with van der Waals surface area (Å²) >= 11 is 0. The topological polar surface area (TPSA) is 78.5 Å². The maximum absolute atomic E-state index is 12.9. The average molecular weight is 325 g/mol. The summed E-state index contributed by atoms with van der Waals surface area (Å²) in [5.41, 5.74) is 1.36. The first-order valence-electron chi connectivity index (χ1n) is 7.37. The summed E-state index contributed by atoms with van der Waals surface area (Å²) in [6, 6.07) is 4.82. The summed E-state index contributed by atoms with van der Waals surface area (Å²) in [7, 11) is -3.58. The molecule has 1 aromatic carbocycles. The zero-order valence-corrected chi connectivity index (χ0v) is 14.2. The molecule has 22 heavy (non-hydrogen) atoms. The molecule has 1 amide bonds. The summed E-state index contributed by atoms with van der Waals surface area (Å²) in [5, 5.41) is 5.94. The van der Waals surface area contributed by atoms with Crippen LogP contribution in [0.4, 0.5) is 5.69 Å². The third kappa shape index (κ3) is 3.31. The summed E-state index contributed by atoms with van der Waals surface area (Å²) < 4.78 is 27.3. The van der Waals surface area contributed by atoms with Gasteiger partial charge in [0.2, 0.25) is 15.9 Å². The largest absolute Gasteiger partial charge is 0.326 e. The highest BCUT2D eigenvalue weighted by molar-refractivity contribution is 7.89. The van der Waals surface area contributed by atoms with Crippen LogP contribution in [0.15, 0.2) is 23.1 Å². The zero-order valence-electron chi connectivity index (χ0n) is 13.4. The number of carbonyl (C=O) groups is 1. The van der Waals surface area contributed by atoms with Crippen LogP contribution < -0.4 is 10.6 Å². The van der Waals surface area contributed by atoms with Crippen molar-refractivity contribution in [2.24, 2.45) is 0 Å². The summed E-state index contributed by atoms with van der Waals surface area (Å²) in [6.45, 7) is 8.19. The van der Waals surface area contributed by atoms with E-state index in [9.17, 15) is 13.2 Å². The fourth-order valence-electron chi connectivity index (χ4n) is 2.59. The van der Waals surface area contributed by atoms with Crippen LogP contribution in [0.25, 0.3) is 0 Å². The Bertz CT molecular complexity index is 673. The van der Waals surface area contributed by atoms with Crippen molar-refractivity contribution in [2.45, 2.75) is 44.7 Å². The molecule has 1 saturated heterocycles. The normalized spacial score (nSPS) is 23.3. The number of sulfonamides is 1. The van der Waals surface area contributed by atoms with Crippen LogP contribution in [0.2, 0.25) is 0 Å². The van der Waals surface area contributed by atoms with Crippen LogP contribution >= 0.6 is 0 Å². The quantitative estimate of drug-likeness (QED) is 0.879. The van der Waals surface area contributed by atoms with Crippen LogP contribution in [0.5, 0.6) is 0 Å². The predicted molar refractivity (Wildman–Crippen MR) is 86.3 cm³/mol. The number of hydrogen-bond acceptors (Lipinski definition) is 4. The van der Waals surface area contributed by atoms with E-state index in [0.717, 1.165) is 5.56 Å². The number of nitrogens with one attached hydrogen (secondary N) is 2. The van der Waals surface area contributed by atoms with Crippen molar-refractivity contribution >= 4 is 21.6 Å². The Morgan fingerprint density at radius 3 is 2.68 bits per heavy atom. The SMILES string of the molecule is CC(=O)Nc1cc(S(=O)(=O)N2CCNC(C)C2C)ccc1C. The monoisotopic (exact) mass is 325 g/mol. The van der Waals surface area contributed by atoms with E-state index < -0.39 is 10.0 Å². The lowest BCUT2D eigenvalue weighted by molar-refractivity contribution is -0.114. The van der Waals surface area contributed by atoms with Gasteiger partial charge in [0, 0.05) is 37.8 Å². The molecule has 122 valence electrons. The molecule has 1 fully saturated rings. The van der Waals surface area contributed by atoms with Crippen LogP contribution in [0.3, 0.4) is 0 Å². The summed E-state index contributed by atoms with van der Waals surface area (Å²) in [5.74, 6) is -0.221. The molecule has 1 aliphatic heterocycles. The molecule has 1 aliphatic rings. The lowest BCUT2D eigenvalue weighted by Crippen LogP contribution is -2.57. The molecule has 2 unspecified atom stereocenters. The molecule has 2 N–H and O–H groups in total. The van der Waals surface area contributed by atoms with E-state index in [0.29, 0.717) is 18.8 Å². The van der Waals surface area contributed by atoms with Crippen LogP contribution in [-0.4, -0.2) is 43.8 Å². The molecule has 0 saturated carbocycles. The minimum Gasteiger partial charge on any atom is -0.326 e. The standard InChI is InChI=1S/C15H23N3O3S/c1-10-5-6-14(9-15(10)17-13(4)19)22(20,21)18-8-7-16-11(2)12(18)3/h5-6,9,11-12,16H,7-8H2,1-4H3,(H,17,19). The van der Waals surface area contributed by atoms with E-state index in [4.69, 9.17) is 0 Å². The van der Waals surface area contributed by atoms with E-state index in [2.05, 4.69) is 10.6 Å². The molecular formula is C15H23N3O3S. The highest BCUT2D eigenvalue weighted by atomic mass is 32.2. The van der Waals surface area contributed by atoms with Gasteiger partial charge in [-0.15, -0.1) is 0 Å². The number of nitrogens with zero attached hydrogens (tertiary/aromatic N) is 1. The molecule has 0 aliphatic carbocycles. The Morgan fingerprint density at radius 1 is 1.36 bits per heavy atom. The number of amides is 1. The van der Waals surface area contributed by atoms with Gasteiger partial charge in [0.1, 0.15) is 0 Å². The summed E-state index contributed by atoms with van der Waals surface area (Å²) in [6.07, 6.45) is 0. The number of rotatable bonds is 3. The molecule has 1 heterocycles. The lowest BCUT2D eigenvalue weighted by Gasteiger charge is -2.37. The Labute approximate surface area is 131 Å². The number of anilines is 1. The Kier molecular flexibility index (Phi) is 4.89. The summed E-state index contributed by atoms with van der Waals surface area (Å²) in [4.78, 5) is 11.5. The highest BCUT2D eigenvalue weighted by Gasteiger charge is 2.34. The molecule has 0 aromatic heterocycles. The average Bonchev–Trinajstić information content (AvgIpc) is 2.43. The molecule has 2 rings (SSSR count). The number of aryl methyl sites for hydroxylation is 1. The lowest BCUT2D eigenvalue weighted by atomic mass is 10.1. The van der Waals surface area contributed by atoms with Crippen molar-refractivity contribution in [3.05, 3.63) is 23.8 Å². The molecule has 0 radical (unpaired) electrons. The number of piperazine rings is 1. The minimum absolute atomic E-state index is 0.101. The van der Waals surface area contributed by atoms with Gasteiger partial charge < -0.3 is 10.6 Å². The Morgan fingerprint density at radius 2 is 2.05 bits per heavy atom. The van der Waals surface area contributed by atoms with Crippen molar-refractivity contribution in [1.82, 2.24) is 9.62 Å². The second-order valence-corrected chi connectivity index (χ2v) is 7.65. The molecule has 0 bridgehead atoms. The third-order valence-corrected chi connectivity index (χ3v) is 6.08. The van der Waals surface area contributed by atoms with Gasteiger partial charge >= 0.3 is 0 Å². The first-order chi connectivity index (χ1) is 10.2. The molecular weight excluding hydrogens is 302 g/mol. The fourth-order valence-corrected chi connectivity index (χ4v) is 4.32. The van der Waals surface area contributed by atoms with Crippen molar-refractivity contribution < 1.29 is 13.2 Å². The molecule has 6 nitrogen and oxygen atoms in total. The van der Waals surface area contributed by atoms with Gasteiger partial charge in [-0.1, -0.05) is 6.07 Å². The van der Waals surface area contributed by atoms with Gasteiger partial charge in [0.05, 0.1) is 4.90 Å². The second-order valence-electron chi connectivity index (χ2n) is 5.76. The smallest absolute Gasteiger partial charge is 0.243 e. The van der Waals surface area contributed by atoms with E-state index in [1.807, 2.05) is 20.8 Å². The van der Waals surface area contributed by atoms with Crippen LogP contribution in [-0.2, 0) is 14.8 Å². The minimum atomic E-state index is -3.58. The van der Waals surface area contributed by atoms with E-state index in [1.165, 1.54) is 17.3 Å². The maximum Gasteiger partial charge on any atom is 0.243 e. The zero-order chi connectivity index (χ0) is 16.5. The number of benzene rings is 1. The van der Waals surface area contributed by atoms with Crippen molar-refractivity contribution in [2.75, 3.05) is 18.4 Å². The molecule has 7 heteroatoms. The first kappa shape index (κ1) is 16.9. The fraction of sp³-hybridized carbons (Fsp3) is 0.533. The van der Waals surface area contributed by atoms with Gasteiger partial charge in [-0.05, 0) is 38.5 Å². The van der Waals surface area contributed by atoms with Crippen molar-refractivity contribution in [1.29, 1.82) is 0 Å². The number of carbonyl (C=O) groups excluding carboxylic acids is 1. The van der Waals surface area contributed by atoms with Crippen molar-refractivity contribution in [3.63, 3.8) is 0 Å². The Hall–Kier alpha value is -1.44. The van der Waals surface area contributed by atoms with Gasteiger partial charge in [-0.3, -0.25) is 4.79 Å². The van der Waals surface area contributed by atoms with E-state index in [1.54, 1.807) is 12.1 Å². The van der Waals surface area contributed by atoms with Crippen molar-refractivity contribution in [3.8, 4) is 0 Å². The third-order valence-electron chi connectivity index (χ3n) is 4.10. The Balaban J connectivity index is 2.39. The predicted octanol–water partition coefficient (Wildman–Crippen LogP) is 1.32. The molecule has 2 atom stereocenters.